The molecule has 6 heteroatoms. The summed E-state index contributed by atoms with van der Waals surface area (Å²) in [6.07, 6.45) is 9.18. The second kappa shape index (κ2) is 9.61. The van der Waals surface area contributed by atoms with Crippen LogP contribution in [-0.2, 0) is 6.54 Å². The van der Waals surface area contributed by atoms with Crippen molar-refractivity contribution in [2.45, 2.75) is 70.5 Å². The molecule has 152 valence electrons. The highest BCUT2D eigenvalue weighted by Gasteiger charge is 2.31. The van der Waals surface area contributed by atoms with Gasteiger partial charge in [0.1, 0.15) is 0 Å². The average Bonchev–Trinajstić information content (AvgIpc) is 3.42. The zero-order valence-corrected chi connectivity index (χ0v) is 17.2. The van der Waals surface area contributed by atoms with E-state index in [0.717, 1.165) is 37.9 Å². The molecule has 1 aliphatic heterocycles. The Balaban J connectivity index is 1.45. The highest BCUT2D eigenvalue weighted by molar-refractivity contribution is 5.15. The molecule has 1 aromatic carbocycles. The summed E-state index contributed by atoms with van der Waals surface area (Å²) in [4.78, 5) is 5.36. The highest BCUT2D eigenvalue weighted by atomic mass is 15.6. The van der Waals surface area contributed by atoms with Gasteiger partial charge in [0.25, 0.3) is 0 Å². The maximum absolute atomic E-state index is 4.48. The first-order chi connectivity index (χ1) is 13.8. The summed E-state index contributed by atoms with van der Waals surface area (Å²) < 4.78 is 2.01. The predicted octanol–water partition coefficient (Wildman–Crippen LogP) is 3.51. The van der Waals surface area contributed by atoms with E-state index in [2.05, 4.69) is 62.6 Å². The third-order valence-electron chi connectivity index (χ3n) is 6.49. The van der Waals surface area contributed by atoms with Crippen molar-refractivity contribution in [3.63, 3.8) is 0 Å². The molecule has 2 aromatic rings. The lowest BCUT2D eigenvalue weighted by Gasteiger charge is -2.41. The van der Waals surface area contributed by atoms with Gasteiger partial charge in [-0.15, -0.1) is 5.10 Å². The van der Waals surface area contributed by atoms with Gasteiger partial charge in [0.15, 0.2) is 5.82 Å². The molecule has 1 aromatic heterocycles. The van der Waals surface area contributed by atoms with Crippen LogP contribution in [0.5, 0.6) is 0 Å². The van der Waals surface area contributed by atoms with Gasteiger partial charge in [0.2, 0.25) is 0 Å². The summed E-state index contributed by atoms with van der Waals surface area (Å²) in [7, 11) is 0. The summed E-state index contributed by atoms with van der Waals surface area (Å²) in [5.41, 5.74) is 1.25. The van der Waals surface area contributed by atoms with Gasteiger partial charge in [-0.3, -0.25) is 9.80 Å². The minimum atomic E-state index is 0.324. The summed E-state index contributed by atoms with van der Waals surface area (Å²) in [5.74, 6) is 1.03. The molecule has 1 saturated carbocycles. The second-order valence-electron chi connectivity index (χ2n) is 8.35. The Morgan fingerprint density at radius 3 is 2.50 bits per heavy atom. The third kappa shape index (κ3) is 4.61. The van der Waals surface area contributed by atoms with Crippen molar-refractivity contribution in [2.75, 3.05) is 26.2 Å². The monoisotopic (exact) mass is 382 g/mol. The van der Waals surface area contributed by atoms with Crippen LogP contribution in [0.2, 0.25) is 0 Å². The molecule has 28 heavy (non-hydrogen) atoms. The molecule has 6 nitrogen and oxygen atoms in total. The fourth-order valence-electron chi connectivity index (χ4n) is 4.88. The number of benzene rings is 1. The van der Waals surface area contributed by atoms with Crippen LogP contribution in [0, 0.1) is 0 Å². The number of piperazine rings is 1. The Morgan fingerprint density at radius 2 is 1.79 bits per heavy atom. The fourth-order valence-corrected chi connectivity index (χ4v) is 4.88. The number of tetrazole rings is 1. The lowest BCUT2D eigenvalue weighted by atomic mass is 10.1. The number of hydrogen-bond acceptors (Lipinski definition) is 5. The van der Waals surface area contributed by atoms with E-state index in [4.69, 9.17) is 0 Å². The van der Waals surface area contributed by atoms with E-state index < -0.39 is 0 Å². The summed E-state index contributed by atoms with van der Waals surface area (Å²) >= 11 is 0. The molecule has 2 heterocycles. The van der Waals surface area contributed by atoms with E-state index in [1.807, 2.05) is 4.68 Å². The molecule has 0 amide bonds. The molecule has 2 fully saturated rings. The van der Waals surface area contributed by atoms with Crippen molar-refractivity contribution in [1.82, 2.24) is 30.0 Å². The van der Waals surface area contributed by atoms with E-state index in [1.165, 1.54) is 57.2 Å². The van der Waals surface area contributed by atoms with E-state index >= 15 is 0 Å². The first-order valence-corrected chi connectivity index (χ1v) is 11.1. The Labute approximate surface area is 168 Å². The van der Waals surface area contributed by atoms with Crippen molar-refractivity contribution in [2.24, 2.45) is 0 Å². The van der Waals surface area contributed by atoms with Crippen molar-refractivity contribution >= 4 is 0 Å². The summed E-state index contributed by atoms with van der Waals surface area (Å²) in [6, 6.07) is 11.7. The minimum absolute atomic E-state index is 0.324. The van der Waals surface area contributed by atoms with Gasteiger partial charge >= 0.3 is 0 Å². The van der Waals surface area contributed by atoms with Crippen LogP contribution in [0.4, 0.5) is 0 Å². The van der Waals surface area contributed by atoms with Crippen LogP contribution in [-0.4, -0.2) is 62.2 Å². The smallest absolute Gasteiger partial charge is 0.168 e. The molecule has 1 saturated heterocycles. The number of rotatable bonds is 8. The van der Waals surface area contributed by atoms with Gasteiger partial charge in [-0.05, 0) is 35.3 Å². The highest BCUT2D eigenvalue weighted by Crippen LogP contribution is 2.29. The van der Waals surface area contributed by atoms with Gasteiger partial charge in [-0.2, -0.15) is 0 Å². The summed E-state index contributed by atoms with van der Waals surface area (Å²) in [6.45, 7) is 7.64. The fraction of sp³-hybridized carbons (Fsp3) is 0.682. The van der Waals surface area contributed by atoms with Gasteiger partial charge in [-0.25, -0.2) is 4.68 Å². The predicted molar refractivity (Wildman–Crippen MR) is 111 cm³/mol. The topological polar surface area (TPSA) is 50.1 Å². The van der Waals surface area contributed by atoms with Crippen LogP contribution in [0.3, 0.4) is 0 Å². The minimum Gasteiger partial charge on any atom is -0.298 e. The molecule has 0 N–H and O–H groups in total. The SMILES string of the molecule is CCCC[C@H](c1nnnn1Cc1ccccc1)N1CCN(C2CCCC2)CC1. The largest absolute Gasteiger partial charge is 0.298 e. The lowest BCUT2D eigenvalue weighted by molar-refractivity contribution is 0.0622. The molecule has 1 aliphatic carbocycles. The van der Waals surface area contributed by atoms with Crippen molar-refractivity contribution in [1.29, 1.82) is 0 Å². The lowest BCUT2D eigenvalue weighted by Crippen LogP contribution is -2.50. The maximum Gasteiger partial charge on any atom is 0.168 e. The van der Waals surface area contributed by atoms with Gasteiger partial charge < -0.3 is 0 Å². The van der Waals surface area contributed by atoms with E-state index in [1.54, 1.807) is 0 Å². The van der Waals surface area contributed by atoms with Crippen molar-refractivity contribution in [3.8, 4) is 0 Å². The van der Waals surface area contributed by atoms with Crippen LogP contribution in [0.1, 0.15) is 69.3 Å². The molecule has 4 rings (SSSR count). The second-order valence-corrected chi connectivity index (χ2v) is 8.35. The van der Waals surface area contributed by atoms with Gasteiger partial charge in [0.05, 0.1) is 12.6 Å². The number of aromatic nitrogens is 4. The molecule has 0 unspecified atom stereocenters. The average molecular weight is 383 g/mol. The molecular formula is C22H34N6. The molecule has 0 spiro atoms. The maximum atomic E-state index is 4.48. The molecule has 1 atom stereocenters. The molecule has 2 aliphatic rings. The first-order valence-electron chi connectivity index (χ1n) is 11.1. The Bertz CT molecular complexity index is 701. The molecular weight excluding hydrogens is 348 g/mol. The van der Waals surface area contributed by atoms with E-state index in [0.29, 0.717) is 6.04 Å². The van der Waals surface area contributed by atoms with Crippen molar-refractivity contribution < 1.29 is 0 Å². The van der Waals surface area contributed by atoms with Crippen molar-refractivity contribution in [3.05, 3.63) is 41.7 Å². The number of unbranched alkanes of at least 4 members (excludes halogenated alkanes) is 1. The zero-order chi connectivity index (χ0) is 19.2. The zero-order valence-electron chi connectivity index (χ0n) is 17.2. The Hall–Kier alpha value is -1.79. The van der Waals surface area contributed by atoms with Crippen LogP contribution >= 0.6 is 0 Å². The summed E-state index contributed by atoms with van der Waals surface area (Å²) in [5, 5.41) is 12.9. The van der Waals surface area contributed by atoms with Crippen LogP contribution < -0.4 is 0 Å². The van der Waals surface area contributed by atoms with Gasteiger partial charge in [0, 0.05) is 32.2 Å². The third-order valence-corrected chi connectivity index (χ3v) is 6.49. The Morgan fingerprint density at radius 1 is 1.04 bits per heavy atom. The molecule has 0 bridgehead atoms. The normalized spacial score (nSPS) is 20.6. The first kappa shape index (κ1) is 19.5. The van der Waals surface area contributed by atoms with E-state index in [9.17, 15) is 0 Å². The van der Waals surface area contributed by atoms with Crippen LogP contribution in [0.15, 0.2) is 30.3 Å². The number of hydrogen-bond donors (Lipinski definition) is 0. The van der Waals surface area contributed by atoms with Crippen LogP contribution in [0.25, 0.3) is 0 Å². The van der Waals surface area contributed by atoms with E-state index in [-0.39, 0.29) is 0 Å². The quantitative estimate of drug-likeness (QED) is 0.699. The van der Waals surface area contributed by atoms with Gasteiger partial charge in [-0.1, -0.05) is 62.9 Å². The Kier molecular flexibility index (Phi) is 6.70. The molecule has 0 radical (unpaired) electrons. The number of nitrogens with zero attached hydrogens (tertiary/aromatic N) is 6. The standard InChI is InChI=1S/C22H34N6/c1-2-3-13-21(27-16-14-26(15-17-27)20-11-7-8-12-20)22-23-24-25-28(22)18-19-9-5-4-6-10-19/h4-6,9-10,20-21H,2-3,7-8,11-18H2,1H3/t21-/m1/s1.